The lowest BCUT2D eigenvalue weighted by Gasteiger charge is -2.17. The van der Waals surface area contributed by atoms with E-state index in [1.807, 2.05) is 24.3 Å². The number of para-hydroxylation sites is 1. The normalized spacial score (nSPS) is 11.8. The van der Waals surface area contributed by atoms with Crippen LogP contribution in [0.15, 0.2) is 57.5 Å². The van der Waals surface area contributed by atoms with Crippen LogP contribution in [0.1, 0.15) is 19.2 Å². The largest absolute Gasteiger partial charge is 0.478 e. The standard InChI is InChI=1S/C19H17BrFN3O3/c1-2-15(26-16-9-4-3-8-14(16)21)19(25)22-11-17-23-18(24-27-17)12-6-5-7-13(20)10-12/h3-10,15H,2,11H2,1H3,(H,22,25)/t15-/m0/s1. The van der Waals surface area contributed by atoms with Gasteiger partial charge in [0.1, 0.15) is 0 Å². The molecule has 6 nitrogen and oxygen atoms in total. The lowest BCUT2D eigenvalue weighted by molar-refractivity contribution is -0.128. The van der Waals surface area contributed by atoms with E-state index in [1.54, 1.807) is 19.1 Å². The van der Waals surface area contributed by atoms with Crippen molar-refractivity contribution in [2.24, 2.45) is 0 Å². The van der Waals surface area contributed by atoms with Crippen molar-refractivity contribution in [3.63, 3.8) is 0 Å². The van der Waals surface area contributed by atoms with Crippen molar-refractivity contribution in [1.29, 1.82) is 0 Å². The summed E-state index contributed by atoms with van der Waals surface area (Å²) < 4.78 is 25.2. The molecular formula is C19H17BrFN3O3. The average molecular weight is 434 g/mol. The number of benzene rings is 2. The summed E-state index contributed by atoms with van der Waals surface area (Å²) in [5, 5.41) is 6.58. The van der Waals surface area contributed by atoms with Gasteiger partial charge in [0.05, 0.1) is 6.54 Å². The van der Waals surface area contributed by atoms with Gasteiger partial charge >= 0.3 is 0 Å². The van der Waals surface area contributed by atoms with E-state index in [9.17, 15) is 9.18 Å². The molecule has 27 heavy (non-hydrogen) atoms. The second kappa shape index (κ2) is 8.77. The smallest absolute Gasteiger partial charge is 0.261 e. The Balaban J connectivity index is 1.60. The molecular weight excluding hydrogens is 417 g/mol. The zero-order chi connectivity index (χ0) is 19.2. The van der Waals surface area contributed by atoms with Gasteiger partial charge < -0.3 is 14.6 Å². The third kappa shape index (κ3) is 4.91. The molecule has 0 unspecified atom stereocenters. The summed E-state index contributed by atoms with van der Waals surface area (Å²) in [6.07, 6.45) is -0.442. The Morgan fingerprint density at radius 2 is 2.11 bits per heavy atom. The molecule has 3 rings (SSSR count). The van der Waals surface area contributed by atoms with Crippen LogP contribution in [0.25, 0.3) is 11.4 Å². The third-order valence-corrected chi connectivity index (χ3v) is 4.23. The predicted octanol–water partition coefficient (Wildman–Crippen LogP) is 4.11. The maximum atomic E-state index is 13.7. The molecule has 0 fully saturated rings. The number of halogens is 2. The van der Waals surface area contributed by atoms with Crippen LogP contribution in [-0.2, 0) is 11.3 Å². The van der Waals surface area contributed by atoms with E-state index in [-0.39, 0.29) is 24.1 Å². The molecule has 1 N–H and O–H groups in total. The number of carbonyl (C=O) groups is 1. The van der Waals surface area contributed by atoms with Crippen LogP contribution < -0.4 is 10.1 Å². The van der Waals surface area contributed by atoms with Gasteiger partial charge in [0.15, 0.2) is 17.7 Å². The summed E-state index contributed by atoms with van der Waals surface area (Å²) >= 11 is 3.39. The minimum atomic E-state index is -0.825. The van der Waals surface area contributed by atoms with Crippen LogP contribution in [-0.4, -0.2) is 22.2 Å². The zero-order valence-electron chi connectivity index (χ0n) is 14.5. The first-order valence-electron chi connectivity index (χ1n) is 8.34. The number of aromatic nitrogens is 2. The van der Waals surface area contributed by atoms with Gasteiger partial charge in [-0.15, -0.1) is 0 Å². The van der Waals surface area contributed by atoms with Crippen molar-refractivity contribution in [1.82, 2.24) is 15.5 Å². The van der Waals surface area contributed by atoms with E-state index < -0.39 is 11.9 Å². The summed E-state index contributed by atoms with van der Waals surface area (Å²) in [6.45, 7) is 1.83. The molecule has 1 atom stereocenters. The van der Waals surface area contributed by atoms with Gasteiger partial charge in [-0.1, -0.05) is 52.3 Å². The highest BCUT2D eigenvalue weighted by atomic mass is 79.9. The number of hydrogen-bond acceptors (Lipinski definition) is 5. The Hall–Kier alpha value is -2.74. The highest BCUT2D eigenvalue weighted by Gasteiger charge is 2.20. The topological polar surface area (TPSA) is 77.2 Å². The van der Waals surface area contributed by atoms with Crippen LogP contribution in [0, 0.1) is 5.82 Å². The molecule has 1 aromatic heterocycles. The van der Waals surface area contributed by atoms with Gasteiger partial charge in [0.25, 0.3) is 5.91 Å². The van der Waals surface area contributed by atoms with Crippen LogP contribution in [0.5, 0.6) is 5.75 Å². The number of amides is 1. The fourth-order valence-electron chi connectivity index (χ4n) is 2.36. The summed E-state index contributed by atoms with van der Waals surface area (Å²) in [6, 6.07) is 13.4. The highest BCUT2D eigenvalue weighted by Crippen LogP contribution is 2.20. The molecule has 0 bridgehead atoms. The first-order valence-corrected chi connectivity index (χ1v) is 9.13. The first kappa shape index (κ1) is 19.0. The quantitative estimate of drug-likeness (QED) is 0.606. The Labute approximate surface area is 163 Å². The van der Waals surface area contributed by atoms with Gasteiger partial charge in [0.2, 0.25) is 11.7 Å². The molecule has 2 aromatic carbocycles. The third-order valence-electron chi connectivity index (χ3n) is 3.73. The maximum Gasteiger partial charge on any atom is 0.261 e. The van der Waals surface area contributed by atoms with E-state index in [2.05, 4.69) is 31.4 Å². The number of carbonyl (C=O) groups excluding carboxylic acids is 1. The molecule has 0 radical (unpaired) electrons. The van der Waals surface area contributed by atoms with Crippen LogP contribution in [0.4, 0.5) is 4.39 Å². The first-order chi connectivity index (χ1) is 13.1. The number of hydrogen-bond donors (Lipinski definition) is 1. The van der Waals surface area contributed by atoms with E-state index in [0.29, 0.717) is 12.2 Å². The fourth-order valence-corrected chi connectivity index (χ4v) is 2.76. The molecule has 1 heterocycles. The average Bonchev–Trinajstić information content (AvgIpc) is 3.14. The van der Waals surface area contributed by atoms with E-state index in [4.69, 9.17) is 9.26 Å². The van der Waals surface area contributed by atoms with Crippen LogP contribution >= 0.6 is 15.9 Å². The maximum absolute atomic E-state index is 13.7. The van der Waals surface area contributed by atoms with Gasteiger partial charge in [-0.05, 0) is 30.7 Å². The number of nitrogens with one attached hydrogen (secondary N) is 1. The molecule has 140 valence electrons. The molecule has 8 heteroatoms. The fraction of sp³-hybridized carbons (Fsp3) is 0.211. The minimum absolute atomic E-state index is 0.0363. The molecule has 0 aliphatic carbocycles. The van der Waals surface area contributed by atoms with E-state index in [1.165, 1.54) is 12.1 Å². The van der Waals surface area contributed by atoms with Crippen molar-refractivity contribution in [3.05, 3.63) is 64.7 Å². The monoisotopic (exact) mass is 433 g/mol. The second-order valence-electron chi connectivity index (χ2n) is 5.69. The van der Waals surface area contributed by atoms with Crippen molar-refractivity contribution < 1.29 is 18.4 Å². The van der Waals surface area contributed by atoms with Gasteiger partial charge in [-0.3, -0.25) is 4.79 Å². The minimum Gasteiger partial charge on any atom is -0.478 e. The van der Waals surface area contributed by atoms with Crippen molar-refractivity contribution >= 4 is 21.8 Å². The summed E-state index contributed by atoms with van der Waals surface area (Å²) in [5.74, 6) is -0.175. The lowest BCUT2D eigenvalue weighted by atomic mass is 10.2. The van der Waals surface area contributed by atoms with Gasteiger partial charge in [0, 0.05) is 10.0 Å². The number of rotatable bonds is 7. The molecule has 3 aromatic rings. The molecule has 0 saturated heterocycles. The molecule has 0 aliphatic rings. The summed E-state index contributed by atoms with van der Waals surface area (Å²) in [5.41, 5.74) is 0.792. The predicted molar refractivity (Wildman–Crippen MR) is 100 cm³/mol. The van der Waals surface area contributed by atoms with Crippen molar-refractivity contribution in [3.8, 4) is 17.1 Å². The van der Waals surface area contributed by atoms with Gasteiger partial charge in [-0.25, -0.2) is 4.39 Å². The number of nitrogens with zero attached hydrogens (tertiary/aromatic N) is 2. The summed E-state index contributed by atoms with van der Waals surface area (Å²) in [4.78, 5) is 16.6. The van der Waals surface area contributed by atoms with Crippen molar-refractivity contribution in [2.45, 2.75) is 26.0 Å². The number of ether oxygens (including phenoxy) is 1. The molecule has 1 amide bonds. The second-order valence-corrected chi connectivity index (χ2v) is 6.60. The zero-order valence-corrected chi connectivity index (χ0v) is 16.1. The Bertz CT molecular complexity index is 932. The Morgan fingerprint density at radius 1 is 1.30 bits per heavy atom. The Morgan fingerprint density at radius 3 is 2.85 bits per heavy atom. The van der Waals surface area contributed by atoms with Crippen LogP contribution in [0.3, 0.4) is 0 Å². The summed E-state index contributed by atoms with van der Waals surface area (Å²) in [7, 11) is 0. The van der Waals surface area contributed by atoms with Crippen molar-refractivity contribution in [2.75, 3.05) is 0 Å². The molecule has 0 spiro atoms. The van der Waals surface area contributed by atoms with E-state index >= 15 is 0 Å². The molecule has 0 saturated carbocycles. The van der Waals surface area contributed by atoms with E-state index in [0.717, 1.165) is 10.0 Å². The highest BCUT2D eigenvalue weighted by molar-refractivity contribution is 9.10. The van der Waals surface area contributed by atoms with Gasteiger partial charge in [-0.2, -0.15) is 4.98 Å². The molecule has 0 aliphatic heterocycles. The Kier molecular flexibility index (Phi) is 6.18. The van der Waals surface area contributed by atoms with Crippen LogP contribution in [0.2, 0.25) is 0 Å². The SMILES string of the molecule is CC[C@H](Oc1ccccc1F)C(=O)NCc1nc(-c2cccc(Br)c2)no1. The lowest BCUT2D eigenvalue weighted by Crippen LogP contribution is -2.37.